The average Bonchev–Trinajstić information content (AvgIpc) is 3.52. The first-order valence-corrected chi connectivity index (χ1v) is 18.8. The predicted octanol–water partition coefficient (Wildman–Crippen LogP) is 7.17. The van der Waals surface area contributed by atoms with Gasteiger partial charge in [-0.2, -0.15) is 4.31 Å². The third kappa shape index (κ3) is 7.57. The number of nitrogens with zero attached hydrogens (tertiary/aromatic N) is 4. The summed E-state index contributed by atoms with van der Waals surface area (Å²) >= 11 is 7.70. The van der Waals surface area contributed by atoms with E-state index in [0.717, 1.165) is 60.6 Å². The van der Waals surface area contributed by atoms with Crippen LogP contribution in [0.1, 0.15) is 37.3 Å². The minimum Gasteiger partial charge on any atom is -0.445 e. The van der Waals surface area contributed by atoms with Crippen LogP contribution in [0.4, 0.5) is 4.79 Å². The van der Waals surface area contributed by atoms with Crippen molar-refractivity contribution in [1.82, 2.24) is 19.1 Å². The molecule has 248 valence electrons. The van der Waals surface area contributed by atoms with Crippen LogP contribution >= 0.6 is 22.9 Å². The third-order valence-corrected chi connectivity index (χ3v) is 13.2. The maximum atomic E-state index is 13.8. The minimum absolute atomic E-state index is 0.134. The molecule has 8 nitrogen and oxygen atoms in total. The highest BCUT2D eigenvalue weighted by atomic mass is 35.5. The SMILES string of the molecule is CCN(C(=O)OCc1ccccc1)C1CCN(C[C@H]2C[C@]2(CN(C)S(=O)(=O)c2ccc(-c3ccccn3)s2)c2cccc(Cl)c2)CC1. The van der Waals surface area contributed by atoms with Crippen LogP contribution in [0.2, 0.25) is 5.02 Å². The molecule has 0 N–H and O–H groups in total. The van der Waals surface area contributed by atoms with Gasteiger partial charge < -0.3 is 14.5 Å². The number of amides is 1. The van der Waals surface area contributed by atoms with E-state index in [0.29, 0.717) is 22.3 Å². The number of sulfonamides is 1. The second kappa shape index (κ2) is 14.5. The maximum Gasteiger partial charge on any atom is 0.410 e. The van der Waals surface area contributed by atoms with E-state index in [1.807, 2.05) is 84.6 Å². The molecule has 3 heterocycles. The Morgan fingerprint density at radius 2 is 1.81 bits per heavy atom. The molecule has 1 amide bonds. The van der Waals surface area contributed by atoms with E-state index < -0.39 is 10.0 Å². The molecule has 4 aromatic rings. The summed E-state index contributed by atoms with van der Waals surface area (Å²) in [5, 5.41) is 0.649. The largest absolute Gasteiger partial charge is 0.445 e. The second-order valence-corrected chi connectivity index (χ2v) is 16.3. The van der Waals surface area contributed by atoms with Crippen LogP contribution in [0.3, 0.4) is 0 Å². The molecular weight excluding hydrogens is 652 g/mol. The van der Waals surface area contributed by atoms with Crippen molar-refractivity contribution >= 4 is 39.1 Å². The fourth-order valence-corrected chi connectivity index (χ4v) is 9.79. The van der Waals surface area contributed by atoms with Crippen molar-refractivity contribution in [3.8, 4) is 10.6 Å². The smallest absolute Gasteiger partial charge is 0.410 e. The molecule has 0 bridgehead atoms. The van der Waals surface area contributed by atoms with Gasteiger partial charge in [-0.15, -0.1) is 11.3 Å². The van der Waals surface area contributed by atoms with Crippen molar-refractivity contribution in [3.05, 3.63) is 107 Å². The maximum absolute atomic E-state index is 13.8. The third-order valence-electron chi connectivity index (χ3n) is 9.56. The van der Waals surface area contributed by atoms with E-state index in [-0.39, 0.29) is 30.1 Å². The summed E-state index contributed by atoms with van der Waals surface area (Å²) in [6, 6.07) is 26.9. The first-order chi connectivity index (χ1) is 22.7. The van der Waals surface area contributed by atoms with Gasteiger partial charge >= 0.3 is 6.09 Å². The Hall–Kier alpha value is -3.28. The minimum atomic E-state index is -3.72. The normalized spacial score (nSPS) is 20.3. The van der Waals surface area contributed by atoms with Gasteiger partial charge in [0.05, 0.1) is 10.6 Å². The number of benzene rings is 2. The lowest BCUT2D eigenvalue weighted by atomic mass is 9.92. The van der Waals surface area contributed by atoms with Gasteiger partial charge in [-0.1, -0.05) is 60.1 Å². The molecule has 1 aliphatic carbocycles. The Bertz CT molecular complexity index is 1760. The molecule has 1 aliphatic heterocycles. The number of halogens is 1. The van der Waals surface area contributed by atoms with Crippen LogP contribution < -0.4 is 0 Å². The lowest BCUT2D eigenvalue weighted by molar-refractivity contribution is 0.0620. The number of likely N-dealkylation sites (tertiary alicyclic amines) is 1. The number of pyridine rings is 1. The molecule has 0 radical (unpaired) electrons. The molecule has 1 saturated heterocycles. The first-order valence-electron chi connectivity index (χ1n) is 16.1. The lowest BCUT2D eigenvalue weighted by Gasteiger charge is -2.38. The Morgan fingerprint density at radius 3 is 2.51 bits per heavy atom. The van der Waals surface area contributed by atoms with Gasteiger partial charge in [0.25, 0.3) is 10.0 Å². The van der Waals surface area contributed by atoms with Crippen LogP contribution in [0.15, 0.2) is 95.3 Å². The van der Waals surface area contributed by atoms with E-state index >= 15 is 0 Å². The molecule has 2 fully saturated rings. The summed E-state index contributed by atoms with van der Waals surface area (Å²) in [5.41, 5.74) is 2.48. The van der Waals surface area contributed by atoms with Crippen molar-refractivity contribution in [2.45, 2.75) is 48.5 Å². The van der Waals surface area contributed by atoms with E-state index in [2.05, 4.69) is 16.0 Å². The number of carbonyl (C=O) groups is 1. The fraction of sp³-hybridized carbons (Fsp3) is 0.389. The number of piperidine rings is 1. The molecule has 2 aromatic heterocycles. The Morgan fingerprint density at radius 1 is 1.04 bits per heavy atom. The van der Waals surface area contributed by atoms with Crippen LogP contribution in [-0.2, 0) is 26.8 Å². The highest BCUT2D eigenvalue weighted by molar-refractivity contribution is 7.91. The summed E-state index contributed by atoms with van der Waals surface area (Å²) in [6.07, 6.45) is 4.07. The number of hydrogen-bond acceptors (Lipinski definition) is 7. The van der Waals surface area contributed by atoms with Gasteiger partial charge in [0.1, 0.15) is 10.8 Å². The quantitative estimate of drug-likeness (QED) is 0.157. The topological polar surface area (TPSA) is 83.0 Å². The van der Waals surface area contributed by atoms with Crippen molar-refractivity contribution < 1.29 is 17.9 Å². The molecule has 0 spiro atoms. The monoisotopic (exact) mass is 692 g/mol. The van der Waals surface area contributed by atoms with E-state index in [1.165, 1.54) is 15.6 Å². The second-order valence-electron chi connectivity index (χ2n) is 12.5. The Labute approximate surface area is 287 Å². The van der Waals surface area contributed by atoms with Gasteiger partial charge in [0.15, 0.2) is 0 Å². The highest BCUT2D eigenvalue weighted by Gasteiger charge is 2.57. The average molecular weight is 693 g/mol. The number of aromatic nitrogens is 1. The standard InChI is InChI=1S/C36H41ClN4O4S2/c1-3-41(35(42)45-25-27-10-5-4-6-11-27)31-17-20-40(21-18-31)24-29-23-36(29,28-12-9-13-30(37)22-28)26-39(2)47(43,44)34-16-15-33(46-34)32-14-7-8-19-38-32/h4-16,19,22,29,31H,3,17-18,20-21,23-26H2,1-2H3/t29-,36+/m1/s1. The molecular formula is C36H41ClN4O4S2. The first kappa shape index (κ1) is 33.6. The van der Waals surface area contributed by atoms with Crippen molar-refractivity contribution in [1.29, 1.82) is 0 Å². The molecule has 1 saturated carbocycles. The van der Waals surface area contributed by atoms with E-state index in [4.69, 9.17) is 16.3 Å². The molecule has 2 aliphatic rings. The molecule has 0 unspecified atom stereocenters. The van der Waals surface area contributed by atoms with Crippen LogP contribution in [0, 0.1) is 5.92 Å². The van der Waals surface area contributed by atoms with Gasteiger partial charge in [0, 0.05) is 62.4 Å². The Balaban J connectivity index is 1.10. The number of carbonyl (C=O) groups excluding carboxylic acids is 1. The zero-order valence-corrected chi connectivity index (χ0v) is 29.2. The molecule has 2 aromatic carbocycles. The molecule has 6 rings (SSSR count). The van der Waals surface area contributed by atoms with Gasteiger partial charge in [-0.05, 0) is 79.6 Å². The Kier molecular flexibility index (Phi) is 10.3. The summed E-state index contributed by atoms with van der Waals surface area (Å²) in [4.78, 5) is 22.5. The fourth-order valence-electron chi connectivity index (χ4n) is 6.86. The predicted molar refractivity (Wildman–Crippen MR) is 187 cm³/mol. The zero-order valence-electron chi connectivity index (χ0n) is 26.8. The van der Waals surface area contributed by atoms with Crippen LogP contribution in [0.25, 0.3) is 10.6 Å². The van der Waals surface area contributed by atoms with Gasteiger partial charge in [-0.3, -0.25) is 4.98 Å². The molecule has 2 atom stereocenters. The van der Waals surface area contributed by atoms with Crippen molar-refractivity contribution in [2.75, 3.05) is 39.8 Å². The van der Waals surface area contributed by atoms with Crippen molar-refractivity contribution in [2.24, 2.45) is 5.92 Å². The van der Waals surface area contributed by atoms with Crippen molar-refractivity contribution in [3.63, 3.8) is 0 Å². The number of thiophene rings is 1. The van der Waals surface area contributed by atoms with Gasteiger partial charge in [0.2, 0.25) is 0 Å². The summed E-state index contributed by atoms with van der Waals surface area (Å²) in [5.74, 6) is 0.278. The summed E-state index contributed by atoms with van der Waals surface area (Å²) in [7, 11) is -2.04. The molecule has 11 heteroatoms. The molecule has 47 heavy (non-hydrogen) atoms. The zero-order chi connectivity index (χ0) is 33.0. The van der Waals surface area contributed by atoms with Crippen LogP contribution in [0.5, 0.6) is 0 Å². The van der Waals surface area contributed by atoms with Crippen LogP contribution in [-0.4, -0.2) is 79.4 Å². The number of rotatable bonds is 12. The number of likely N-dealkylation sites (N-methyl/N-ethyl adjacent to an activating group) is 1. The lowest BCUT2D eigenvalue weighted by Crippen LogP contribution is -2.48. The van der Waals surface area contributed by atoms with Gasteiger partial charge in [-0.25, -0.2) is 13.2 Å². The highest BCUT2D eigenvalue weighted by Crippen LogP contribution is 2.56. The van der Waals surface area contributed by atoms with E-state index in [9.17, 15) is 13.2 Å². The number of ether oxygens (including phenoxy) is 1. The summed E-state index contributed by atoms with van der Waals surface area (Å²) < 4.78 is 35.1. The van der Waals surface area contributed by atoms with E-state index in [1.54, 1.807) is 19.3 Å². The summed E-state index contributed by atoms with van der Waals surface area (Å²) in [6.45, 7) is 5.84. The number of hydrogen-bond donors (Lipinski definition) is 0.